The Morgan fingerprint density at radius 3 is 3.20 bits per heavy atom. The highest BCUT2D eigenvalue weighted by molar-refractivity contribution is 8.03. The SMILES string of the molecule is OC1=CSC2C=CC=CN12. The van der Waals surface area contributed by atoms with Crippen LogP contribution in [0, 0.1) is 0 Å². The zero-order valence-electron chi connectivity index (χ0n) is 5.27. The van der Waals surface area contributed by atoms with Crippen molar-refractivity contribution in [2.75, 3.05) is 0 Å². The average Bonchev–Trinajstić information content (AvgIpc) is 2.34. The molecule has 0 aromatic rings. The summed E-state index contributed by atoms with van der Waals surface area (Å²) in [7, 11) is 0. The maximum Gasteiger partial charge on any atom is 0.198 e. The van der Waals surface area contributed by atoms with Gasteiger partial charge in [-0.2, -0.15) is 0 Å². The molecule has 0 spiro atoms. The average molecular weight is 153 g/mol. The Hall–Kier alpha value is -0.830. The second kappa shape index (κ2) is 2.09. The lowest BCUT2D eigenvalue weighted by atomic mass is 10.3. The van der Waals surface area contributed by atoms with Crippen LogP contribution >= 0.6 is 11.8 Å². The molecule has 10 heavy (non-hydrogen) atoms. The van der Waals surface area contributed by atoms with Crippen molar-refractivity contribution >= 4 is 11.8 Å². The molecule has 0 saturated carbocycles. The summed E-state index contributed by atoms with van der Waals surface area (Å²) in [6, 6.07) is 0. The molecule has 1 N–H and O–H groups in total. The van der Waals surface area contributed by atoms with E-state index in [4.69, 9.17) is 0 Å². The Morgan fingerprint density at radius 2 is 2.40 bits per heavy atom. The van der Waals surface area contributed by atoms with Crippen LogP contribution in [-0.2, 0) is 0 Å². The summed E-state index contributed by atoms with van der Waals surface area (Å²) in [6.45, 7) is 0. The largest absolute Gasteiger partial charge is 0.494 e. The predicted molar refractivity (Wildman–Crippen MR) is 42.2 cm³/mol. The highest BCUT2D eigenvalue weighted by atomic mass is 32.2. The summed E-state index contributed by atoms with van der Waals surface area (Å²) in [5.74, 6) is 0.343. The van der Waals surface area contributed by atoms with Crippen molar-refractivity contribution in [1.82, 2.24) is 4.90 Å². The molecule has 0 fully saturated rings. The van der Waals surface area contributed by atoms with Gasteiger partial charge in [0.25, 0.3) is 0 Å². The molecule has 0 radical (unpaired) electrons. The molecule has 0 aromatic carbocycles. The minimum absolute atomic E-state index is 0.282. The van der Waals surface area contributed by atoms with Crippen LogP contribution in [0.3, 0.4) is 0 Å². The van der Waals surface area contributed by atoms with Crippen molar-refractivity contribution in [3.8, 4) is 0 Å². The molecule has 0 aliphatic carbocycles. The number of rotatable bonds is 0. The van der Waals surface area contributed by atoms with Gasteiger partial charge >= 0.3 is 0 Å². The third-order valence-corrected chi connectivity index (χ3v) is 2.50. The zero-order chi connectivity index (χ0) is 6.97. The Bertz CT molecular complexity index is 232. The summed E-state index contributed by atoms with van der Waals surface area (Å²) in [5.41, 5.74) is 0. The highest BCUT2D eigenvalue weighted by Gasteiger charge is 2.22. The molecule has 0 bridgehead atoms. The van der Waals surface area contributed by atoms with Gasteiger partial charge in [0.15, 0.2) is 5.88 Å². The third-order valence-electron chi connectivity index (χ3n) is 1.49. The summed E-state index contributed by atoms with van der Waals surface area (Å²) < 4.78 is 0. The number of aliphatic hydroxyl groups excluding tert-OH is 1. The van der Waals surface area contributed by atoms with E-state index < -0.39 is 0 Å². The maximum absolute atomic E-state index is 9.21. The first-order chi connectivity index (χ1) is 4.88. The Labute approximate surface area is 63.5 Å². The molecular weight excluding hydrogens is 146 g/mol. The smallest absolute Gasteiger partial charge is 0.198 e. The van der Waals surface area contributed by atoms with E-state index in [1.807, 2.05) is 29.3 Å². The quantitative estimate of drug-likeness (QED) is 0.574. The van der Waals surface area contributed by atoms with Crippen LogP contribution in [0.5, 0.6) is 0 Å². The molecule has 2 aliphatic heterocycles. The van der Waals surface area contributed by atoms with Crippen molar-refractivity contribution < 1.29 is 5.11 Å². The summed E-state index contributed by atoms with van der Waals surface area (Å²) in [4.78, 5) is 1.82. The fourth-order valence-electron chi connectivity index (χ4n) is 0.988. The lowest BCUT2D eigenvalue weighted by molar-refractivity contribution is 0.265. The molecule has 0 aromatic heterocycles. The van der Waals surface area contributed by atoms with Crippen molar-refractivity contribution in [2.45, 2.75) is 5.37 Å². The van der Waals surface area contributed by atoms with Crippen LogP contribution in [0.4, 0.5) is 0 Å². The summed E-state index contributed by atoms with van der Waals surface area (Å²) in [5, 5.41) is 11.2. The standard InChI is InChI=1S/C7H7NOS/c9-6-5-10-7-3-1-2-4-8(6)7/h1-5,7,9H. The van der Waals surface area contributed by atoms with E-state index in [9.17, 15) is 5.11 Å². The second-order valence-corrected chi connectivity index (χ2v) is 3.13. The van der Waals surface area contributed by atoms with Gasteiger partial charge in [-0.3, -0.25) is 0 Å². The first-order valence-corrected chi connectivity index (χ1v) is 4.00. The van der Waals surface area contributed by atoms with Crippen LogP contribution in [0.15, 0.2) is 35.7 Å². The Morgan fingerprint density at radius 1 is 1.50 bits per heavy atom. The van der Waals surface area contributed by atoms with Gasteiger partial charge in [0, 0.05) is 11.6 Å². The minimum atomic E-state index is 0.282. The van der Waals surface area contributed by atoms with Gasteiger partial charge in [0.2, 0.25) is 0 Å². The van der Waals surface area contributed by atoms with E-state index >= 15 is 0 Å². The van der Waals surface area contributed by atoms with E-state index in [1.165, 1.54) is 0 Å². The van der Waals surface area contributed by atoms with E-state index in [1.54, 1.807) is 17.2 Å². The van der Waals surface area contributed by atoms with Crippen molar-refractivity contribution in [1.29, 1.82) is 0 Å². The Balaban J connectivity index is 2.27. The minimum Gasteiger partial charge on any atom is -0.494 e. The zero-order valence-corrected chi connectivity index (χ0v) is 6.08. The predicted octanol–water partition coefficient (Wildman–Crippen LogP) is 1.80. The van der Waals surface area contributed by atoms with Gasteiger partial charge in [-0.15, -0.1) is 0 Å². The number of nitrogens with zero attached hydrogens (tertiary/aromatic N) is 1. The van der Waals surface area contributed by atoms with Gasteiger partial charge in [0.1, 0.15) is 5.37 Å². The topological polar surface area (TPSA) is 23.5 Å². The van der Waals surface area contributed by atoms with Crippen LogP contribution < -0.4 is 0 Å². The molecule has 2 aliphatic rings. The number of thioether (sulfide) groups is 1. The number of aliphatic hydroxyl groups is 1. The second-order valence-electron chi connectivity index (χ2n) is 2.14. The fraction of sp³-hybridized carbons (Fsp3) is 0.143. The molecule has 0 saturated heterocycles. The van der Waals surface area contributed by atoms with Gasteiger partial charge in [-0.25, -0.2) is 0 Å². The van der Waals surface area contributed by atoms with Crippen LogP contribution in [-0.4, -0.2) is 15.4 Å². The van der Waals surface area contributed by atoms with Gasteiger partial charge in [0.05, 0.1) is 0 Å². The summed E-state index contributed by atoms with van der Waals surface area (Å²) in [6.07, 6.45) is 7.81. The molecule has 3 heteroatoms. The van der Waals surface area contributed by atoms with Crippen molar-refractivity contribution in [3.05, 3.63) is 35.7 Å². The van der Waals surface area contributed by atoms with E-state index in [-0.39, 0.29) is 5.37 Å². The molecule has 0 amide bonds. The molecule has 2 nitrogen and oxygen atoms in total. The third kappa shape index (κ3) is 0.743. The van der Waals surface area contributed by atoms with E-state index in [0.29, 0.717) is 5.88 Å². The lowest BCUT2D eigenvalue weighted by Gasteiger charge is -2.21. The van der Waals surface area contributed by atoms with E-state index in [2.05, 4.69) is 0 Å². The first kappa shape index (κ1) is 5.92. The normalized spacial score (nSPS) is 28.6. The van der Waals surface area contributed by atoms with Crippen molar-refractivity contribution in [3.63, 3.8) is 0 Å². The van der Waals surface area contributed by atoms with Gasteiger partial charge < -0.3 is 10.0 Å². The molecular formula is C7H7NOS. The Kier molecular flexibility index (Phi) is 1.24. The lowest BCUT2D eigenvalue weighted by Crippen LogP contribution is -2.22. The van der Waals surface area contributed by atoms with Crippen LogP contribution in [0.25, 0.3) is 0 Å². The number of hydrogen-bond donors (Lipinski definition) is 1. The number of fused-ring (bicyclic) bond motifs is 1. The molecule has 52 valence electrons. The molecule has 1 atom stereocenters. The van der Waals surface area contributed by atoms with E-state index in [0.717, 1.165) is 0 Å². The summed E-state index contributed by atoms with van der Waals surface area (Å²) >= 11 is 1.61. The van der Waals surface area contributed by atoms with Gasteiger partial charge in [-0.05, 0) is 6.08 Å². The molecule has 1 unspecified atom stereocenters. The highest BCUT2D eigenvalue weighted by Crippen LogP contribution is 2.31. The molecule has 2 heterocycles. The monoisotopic (exact) mass is 153 g/mol. The van der Waals surface area contributed by atoms with Crippen LogP contribution in [0.1, 0.15) is 0 Å². The van der Waals surface area contributed by atoms with Crippen molar-refractivity contribution in [2.24, 2.45) is 0 Å². The molecule has 2 rings (SSSR count). The maximum atomic E-state index is 9.21. The number of hydrogen-bond acceptors (Lipinski definition) is 3. The fourth-order valence-corrected chi connectivity index (χ4v) is 1.86. The van der Waals surface area contributed by atoms with Gasteiger partial charge in [-0.1, -0.05) is 23.9 Å². The first-order valence-electron chi connectivity index (χ1n) is 3.06. The number of allylic oxidation sites excluding steroid dienone is 2. The van der Waals surface area contributed by atoms with Crippen LogP contribution in [0.2, 0.25) is 0 Å².